The minimum Gasteiger partial charge on any atom is -0.356 e. The second-order valence-corrected chi connectivity index (χ2v) is 6.45. The van der Waals surface area contributed by atoms with Crippen molar-refractivity contribution in [2.45, 2.75) is 0 Å². The molecule has 2 heterocycles. The fourth-order valence-corrected chi connectivity index (χ4v) is 3.32. The van der Waals surface area contributed by atoms with E-state index in [1.54, 1.807) is 12.4 Å². The molecule has 28 heavy (non-hydrogen) atoms. The van der Waals surface area contributed by atoms with Gasteiger partial charge in [-0.15, -0.1) is 0 Å². The van der Waals surface area contributed by atoms with Crippen molar-refractivity contribution in [3.05, 3.63) is 97.3 Å². The van der Waals surface area contributed by atoms with Gasteiger partial charge in [-0.05, 0) is 11.1 Å². The third-order valence-corrected chi connectivity index (χ3v) is 4.72. The molecule has 0 saturated carbocycles. The maximum atomic E-state index is 5.51. The van der Waals surface area contributed by atoms with Gasteiger partial charge < -0.3 is 9.05 Å². The lowest BCUT2D eigenvalue weighted by molar-refractivity contribution is 0.432. The van der Waals surface area contributed by atoms with Gasteiger partial charge in [0.25, 0.3) is 0 Å². The quantitative estimate of drug-likeness (QED) is 0.374. The Bertz CT molecular complexity index is 1090. The molecule has 0 aliphatic rings. The van der Waals surface area contributed by atoms with Crippen LogP contribution in [0.15, 0.2) is 106 Å². The molecule has 0 N–H and O–H groups in total. The number of hydrogen-bond acceptors (Lipinski definition) is 4. The molecule has 0 aliphatic carbocycles. The molecule has 0 radical (unpaired) electrons. The van der Waals surface area contributed by atoms with Crippen LogP contribution in [-0.4, -0.2) is 10.3 Å². The number of benzene rings is 3. The number of hydrogen-bond donors (Lipinski definition) is 0. The van der Waals surface area contributed by atoms with Gasteiger partial charge in [-0.3, -0.25) is 0 Å². The highest BCUT2D eigenvalue weighted by atomic mass is 16.5. The monoisotopic (exact) mass is 364 g/mol. The standard InChI is InChI=1S/C24H16N2O2/c1-3-7-19(8-4-1)23-21(15-25-27-23)17-11-13-18(14-12-17)22-16-26-28-24(22)20-9-5-2-6-10-20/h1-16H. The molecule has 134 valence electrons. The summed E-state index contributed by atoms with van der Waals surface area (Å²) in [5, 5.41) is 8.00. The van der Waals surface area contributed by atoms with Crippen LogP contribution in [-0.2, 0) is 0 Å². The van der Waals surface area contributed by atoms with E-state index in [9.17, 15) is 0 Å². The van der Waals surface area contributed by atoms with Crippen LogP contribution >= 0.6 is 0 Å². The van der Waals surface area contributed by atoms with E-state index in [-0.39, 0.29) is 0 Å². The van der Waals surface area contributed by atoms with Crippen LogP contribution in [0.3, 0.4) is 0 Å². The molecule has 0 atom stereocenters. The van der Waals surface area contributed by atoms with Crippen molar-refractivity contribution in [1.82, 2.24) is 10.3 Å². The van der Waals surface area contributed by atoms with Gasteiger partial charge in [0, 0.05) is 22.3 Å². The Morgan fingerprint density at radius 1 is 0.429 bits per heavy atom. The smallest absolute Gasteiger partial charge is 0.174 e. The van der Waals surface area contributed by atoms with E-state index in [1.807, 2.05) is 60.7 Å². The molecule has 5 rings (SSSR count). The van der Waals surface area contributed by atoms with Gasteiger partial charge in [0.05, 0.1) is 12.4 Å². The lowest BCUT2D eigenvalue weighted by Crippen LogP contribution is -1.83. The Balaban J connectivity index is 1.51. The Morgan fingerprint density at radius 2 is 0.821 bits per heavy atom. The van der Waals surface area contributed by atoms with E-state index in [0.717, 1.165) is 44.9 Å². The summed E-state index contributed by atoms with van der Waals surface area (Å²) < 4.78 is 11.0. The topological polar surface area (TPSA) is 52.1 Å². The van der Waals surface area contributed by atoms with Gasteiger partial charge in [-0.2, -0.15) is 0 Å². The molecule has 0 bridgehead atoms. The summed E-state index contributed by atoms with van der Waals surface area (Å²) in [5.41, 5.74) is 6.02. The predicted molar refractivity (Wildman–Crippen MR) is 108 cm³/mol. The zero-order chi connectivity index (χ0) is 18.8. The molecular formula is C24H16N2O2. The third-order valence-electron chi connectivity index (χ3n) is 4.72. The van der Waals surface area contributed by atoms with Gasteiger partial charge in [0.1, 0.15) is 0 Å². The molecule has 0 amide bonds. The van der Waals surface area contributed by atoms with Crippen LogP contribution in [0.25, 0.3) is 44.9 Å². The van der Waals surface area contributed by atoms with E-state index < -0.39 is 0 Å². The second kappa shape index (κ2) is 7.00. The maximum absolute atomic E-state index is 5.51. The highest BCUT2D eigenvalue weighted by molar-refractivity contribution is 5.83. The molecule has 4 nitrogen and oxygen atoms in total. The van der Waals surface area contributed by atoms with Crippen LogP contribution in [0.1, 0.15) is 0 Å². The first-order valence-electron chi connectivity index (χ1n) is 9.01. The maximum Gasteiger partial charge on any atom is 0.174 e. The third kappa shape index (κ3) is 2.91. The summed E-state index contributed by atoms with van der Waals surface area (Å²) in [4.78, 5) is 0. The molecule has 0 fully saturated rings. The zero-order valence-corrected chi connectivity index (χ0v) is 14.9. The van der Waals surface area contributed by atoms with Crippen LogP contribution in [0, 0.1) is 0 Å². The van der Waals surface area contributed by atoms with Crippen molar-refractivity contribution in [2.75, 3.05) is 0 Å². The summed E-state index contributed by atoms with van der Waals surface area (Å²) in [7, 11) is 0. The molecular weight excluding hydrogens is 348 g/mol. The Morgan fingerprint density at radius 3 is 1.21 bits per heavy atom. The predicted octanol–water partition coefficient (Wildman–Crippen LogP) is 6.33. The molecule has 0 saturated heterocycles. The molecule has 2 aromatic heterocycles. The average molecular weight is 364 g/mol. The summed E-state index contributed by atoms with van der Waals surface area (Å²) in [5.74, 6) is 1.53. The molecule has 5 aromatic rings. The van der Waals surface area contributed by atoms with Crippen molar-refractivity contribution >= 4 is 0 Å². The van der Waals surface area contributed by atoms with Crippen LogP contribution in [0.4, 0.5) is 0 Å². The first kappa shape index (κ1) is 16.3. The van der Waals surface area contributed by atoms with E-state index in [1.165, 1.54) is 0 Å². The van der Waals surface area contributed by atoms with Gasteiger partial charge >= 0.3 is 0 Å². The first-order valence-corrected chi connectivity index (χ1v) is 9.01. The largest absolute Gasteiger partial charge is 0.356 e. The normalized spacial score (nSPS) is 10.9. The number of rotatable bonds is 4. The Hall–Kier alpha value is -3.92. The lowest BCUT2D eigenvalue weighted by atomic mass is 9.98. The van der Waals surface area contributed by atoms with E-state index >= 15 is 0 Å². The number of aromatic nitrogens is 2. The van der Waals surface area contributed by atoms with Crippen molar-refractivity contribution in [3.63, 3.8) is 0 Å². The second-order valence-electron chi connectivity index (χ2n) is 6.45. The highest BCUT2D eigenvalue weighted by Gasteiger charge is 2.15. The first-order chi connectivity index (χ1) is 13.9. The summed E-state index contributed by atoms with van der Waals surface area (Å²) in [6.07, 6.45) is 3.51. The van der Waals surface area contributed by atoms with Gasteiger partial charge in [0.15, 0.2) is 11.5 Å². The molecule has 0 aliphatic heterocycles. The molecule has 3 aromatic carbocycles. The minimum absolute atomic E-state index is 0.767. The van der Waals surface area contributed by atoms with Gasteiger partial charge in [0.2, 0.25) is 0 Å². The lowest BCUT2D eigenvalue weighted by Gasteiger charge is -2.05. The SMILES string of the molecule is c1ccc(-c2oncc2-c2ccc(-c3cnoc3-c3ccccc3)cc2)cc1. The minimum atomic E-state index is 0.767. The van der Waals surface area contributed by atoms with Crippen molar-refractivity contribution in [3.8, 4) is 44.9 Å². The summed E-state index contributed by atoms with van der Waals surface area (Å²) in [6, 6.07) is 28.2. The fourth-order valence-electron chi connectivity index (χ4n) is 3.32. The highest BCUT2D eigenvalue weighted by Crippen LogP contribution is 2.35. The summed E-state index contributed by atoms with van der Waals surface area (Å²) >= 11 is 0. The van der Waals surface area contributed by atoms with Crippen LogP contribution in [0.2, 0.25) is 0 Å². The van der Waals surface area contributed by atoms with Crippen LogP contribution < -0.4 is 0 Å². The van der Waals surface area contributed by atoms with Crippen LogP contribution in [0.5, 0.6) is 0 Å². The van der Waals surface area contributed by atoms with Crippen molar-refractivity contribution in [1.29, 1.82) is 0 Å². The Labute approximate surface area is 162 Å². The van der Waals surface area contributed by atoms with Crippen molar-refractivity contribution in [2.24, 2.45) is 0 Å². The van der Waals surface area contributed by atoms with E-state index in [4.69, 9.17) is 9.05 Å². The molecule has 0 unspecified atom stereocenters. The zero-order valence-electron chi connectivity index (χ0n) is 14.9. The molecule has 4 heteroatoms. The fraction of sp³-hybridized carbons (Fsp3) is 0. The van der Waals surface area contributed by atoms with Gasteiger partial charge in [-0.1, -0.05) is 95.2 Å². The van der Waals surface area contributed by atoms with E-state index in [2.05, 4.69) is 34.6 Å². The van der Waals surface area contributed by atoms with E-state index in [0.29, 0.717) is 0 Å². The summed E-state index contributed by atoms with van der Waals surface area (Å²) in [6.45, 7) is 0. The average Bonchev–Trinajstić information content (AvgIpc) is 3.45. The molecule has 0 spiro atoms. The number of nitrogens with zero attached hydrogens (tertiary/aromatic N) is 2. The Kier molecular flexibility index (Phi) is 4.07. The van der Waals surface area contributed by atoms with Gasteiger partial charge in [-0.25, -0.2) is 0 Å². The van der Waals surface area contributed by atoms with Crippen molar-refractivity contribution < 1.29 is 9.05 Å².